The summed E-state index contributed by atoms with van der Waals surface area (Å²) in [6, 6.07) is 25.8. The van der Waals surface area contributed by atoms with Crippen molar-refractivity contribution in [1.82, 2.24) is 0 Å². The third kappa shape index (κ3) is 3.83. The highest BCUT2D eigenvalue weighted by atomic mass is 35.5. The molecule has 30 heavy (non-hydrogen) atoms. The van der Waals surface area contributed by atoms with Crippen molar-refractivity contribution in [3.8, 4) is 5.75 Å². The lowest BCUT2D eigenvalue weighted by molar-refractivity contribution is -0.160. The zero-order valence-corrected chi connectivity index (χ0v) is 17.2. The smallest absolute Gasteiger partial charge is 0.315 e. The average Bonchev–Trinajstić information content (AvgIpc) is 2.76. The van der Waals surface area contributed by atoms with Gasteiger partial charge in [0.05, 0.1) is 18.9 Å². The zero-order valence-electron chi connectivity index (χ0n) is 16.4. The molecule has 3 aromatic rings. The number of carbonyl (C=O) groups is 2. The number of esters is 2. The molecule has 1 aliphatic carbocycles. The van der Waals surface area contributed by atoms with Gasteiger partial charge in [-0.05, 0) is 35.4 Å². The summed E-state index contributed by atoms with van der Waals surface area (Å²) in [7, 11) is 1.38. The van der Waals surface area contributed by atoms with Crippen LogP contribution >= 0.6 is 11.6 Å². The van der Waals surface area contributed by atoms with Gasteiger partial charge in [-0.25, -0.2) is 0 Å². The maximum Gasteiger partial charge on any atom is 0.315 e. The molecule has 1 saturated carbocycles. The first-order valence-electron chi connectivity index (χ1n) is 9.75. The Bertz CT molecular complexity index is 971. The Labute approximate surface area is 180 Å². The van der Waals surface area contributed by atoms with E-state index in [2.05, 4.69) is 0 Å². The number of rotatable bonds is 5. The standard InChI is InChI=1S/C25H21ClO4/c1-29-24(27)22-20(16-8-4-2-5-9-16)23(21(22)17-10-6-3-7-11-17)25(28)30-19-14-12-18(26)13-15-19/h2-15,20-23H,1H3/t20-,21+,22?,23?. The van der Waals surface area contributed by atoms with Gasteiger partial charge in [0.15, 0.2) is 0 Å². The van der Waals surface area contributed by atoms with Gasteiger partial charge in [-0.15, -0.1) is 0 Å². The van der Waals surface area contributed by atoms with E-state index in [1.807, 2.05) is 60.7 Å². The molecule has 152 valence electrons. The van der Waals surface area contributed by atoms with Crippen LogP contribution in [0.2, 0.25) is 5.02 Å². The predicted molar refractivity (Wildman–Crippen MR) is 114 cm³/mol. The van der Waals surface area contributed by atoms with Gasteiger partial charge in [0.25, 0.3) is 0 Å². The van der Waals surface area contributed by atoms with Gasteiger partial charge in [-0.1, -0.05) is 72.3 Å². The fraction of sp³-hybridized carbons (Fsp3) is 0.200. The first-order valence-corrected chi connectivity index (χ1v) is 10.1. The first kappa shape index (κ1) is 20.2. The van der Waals surface area contributed by atoms with Gasteiger partial charge in [-0.3, -0.25) is 9.59 Å². The molecular weight excluding hydrogens is 400 g/mol. The average molecular weight is 421 g/mol. The van der Waals surface area contributed by atoms with E-state index in [9.17, 15) is 9.59 Å². The maximum atomic E-state index is 13.3. The molecule has 0 saturated heterocycles. The molecule has 4 nitrogen and oxygen atoms in total. The van der Waals surface area contributed by atoms with Crippen molar-refractivity contribution in [3.63, 3.8) is 0 Å². The Kier molecular flexibility index (Phi) is 5.86. The van der Waals surface area contributed by atoms with E-state index in [1.54, 1.807) is 24.3 Å². The molecule has 0 spiro atoms. The number of halogens is 1. The molecule has 4 rings (SSSR count). The Hall–Kier alpha value is -3.11. The van der Waals surface area contributed by atoms with E-state index < -0.39 is 11.8 Å². The van der Waals surface area contributed by atoms with Crippen LogP contribution < -0.4 is 4.74 Å². The first-order chi connectivity index (χ1) is 14.6. The van der Waals surface area contributed by atoms with E-state index in [0.717, 1.165) is 11.1 Å². The van der Waals surface area contributed by atoms with Crippen molar-refractivity contribution in [2.45, 2.75) is 11.8 Å². The van der Waals surface area contributed by atoms with Crippen molar-refractivity contribution in [2.24, 2.45) is 11.8 Å². The summed E-state index contributed by atoms with van der Waals surface area (Å²) in [6.07, 6.45) is 0. The highest BCUT2D eigenvalue weighted by Gasteiger charge is 2.59. The van der Waals surface area contributed by atoms with Gasteiger partial charge in [-0.2, -0.15) is 0 Å². The molecule has 0 aromatic heterocycles. The van der Waals surface area contributed by atoms with Crippen LogP contribution in [-0.2, 0) is 14.3 Å². The molecule has 0 radical (unpaired) electrons. The lowest BCUT2D eigenvalue weighted by atomic mass is 9.52. The second-order valence-electron chi connectivity index (χ2n) is 7.32. The van der Waals surface area contributed by atoms with Gasteiger partial charge in [0.1, 0.15) is 5.75 Å². The fourth-order valence-electron chi connectivity index (χ4n) is 4.34. The minimum Gasteiger partial charge on any atom is -0.469 e. The molecule has 1 aliphatic rings. The Morgan fingerprint density at radius 3 is 1.63 bits per heavy atom. The molecule has 3 aromatic carbocycles. The lowest BCUT2D eigenvalue weighted by Gasteiger charge is -2.49. The van der Waals surface area contributed by atoms with E-state index in [-0.39, 0.29) is 23.8 Å². The number of hydrogen-bond acceptors (Lipinski definition) is 4. The van der Waals surface area contributed by atoms with Crippen molar-refractivity contribution in [1.29, 1.82) is 0 Å². The predicted octanol–water partition coefficient (Wildman–Crippen LogP) is 5.23. The Balaban J connectivity index is 1.72. The number of benzene rings is 3. The van der Waals surface area contributed by atoms with Gasteiger partial charge in [0.2, 0.25) is 0 Å². The lowest BCUT2D eigenvalue weighted by Crippen LogP contribution is -2.52. The molecule has 0 amide bonds. The Morgan fingerprint density at radius 1 is 0.700 bits per heavy atom. The minimum absolute atomic E-state index is 0.326. The van der Waals surface area contributed by atoms with E-state index in [1.165, 1.54) is 7.11 Å². The van der Waals surface area contributed by atoms with Gasteiger partial charge >= 0.3 is 11.9 Å². The molecule has 2 unspecified atom stereocenters. The summed E-state index contributed by atoms with van der Waals surface area (Å²) in [4.78, 5) is 26.0. The number of hydrogen-bond donors (Lipinski definition) is 0. The molecule has 0 aliphatic heterocycles. The van der Waals surface area contributed by atoms with Crippen molar-refractivity contribution in [2.75, 3.05) is 7.11 Å². The third-order valence-electron chi connectivity index (χ3n) is 5.69. The summed E-state index contributed by atoms with van der Waals surface area (Å²) in [6.45, 7) is 0. The SMILES string of the molecule is COC(=O)C1[C@@H](c2ccccc2)C(C(=O)Oc2ccc(Cl)cc2)[C@H]1c1ccccc1. The van der Waals surface area contributed by atoms with Crippen LogP contribution in [0, 0.1) is 11.8 Å². The van der Waals surface area contributed by atoms with E-state index in [4.69, 9.17) is 21.1 Å². The van der Waals surface area contributed by atoms with Crippen molar-refractivity contribution >= 4 is 23.5 Å². The minimum atomic E-state index is -0.519. The molecule has 4 atom stereocenters. The van der Waals surface area contributed by atoms with Crippen molar-refractivity contribution < 1.29 is 19.1 Å². The van der Waals surface area contributed by atoms with Gasteiger partial charge in [0, 0.05) is 16.9 Å². The summed E-state index contributed by atoms with van der Waals surface area (Å²) in [5.74, 6) is -1.93. The quantitative estimate of drug-likeness (QED) is 0.419. The third-order valence-corrected chi connectivity index (χ3v) is 5.95. The van der Waals surface area contributed by atoms with Crippen LogP contribution in [0.5, 0.6) is 5.75 Å². The normalized spacial score (nSPS) is 22.6. The summed E-state index contributed by atoms with van der Waals surface area (Å²) in [5.41, 5.74) is 1.83. The zero-order chi connectivity index (χ0) is 21.1. The maximum absolute atomic E-state index is 13.3. The monoisotopic (exact) mass is 420 g/mol. The highest BCUT2D eigenvalue weighted by Crippen LogP contribution is 2.58. The summed E-state index contributed by atoms with van der Waals surface area (Å²) >= 11 is 5.93. The Morgan fingerprint density at radius 2 is 1.17 bits per heavy atom. The topological polar surface area (TPSA) is 52.6 Å². The summed E-state index contributed by atoms with van der Waals surface area (Å²) in [5, 5.41) is 0.563. The van der Waals surface area contributed by atoms with Crippen LogP contribution in [0.25, 0.3) is 0 Å². The molecule has 0 heterocycles. The van der Waals surface area contributed by atoms with Crippen LogP contribution in [0.15, 0.2) is 84.9 Å². The highest BCUT2D eigenvalue weighted by molar-refractivity contribution is 6.30. The van der Waals surface area contributed by atoms with Crippen LogP contribution in [-0.4, -0.2) is 19.0 Å². The molecule has 5 heteroatoms. The second kappa shape index (κ2) is 8.72. The van der Waals surface area contributed by atoms with Crippen LogP contribution in [0.4, 0.5) is 0 Å². The number of ether oxygens (including phenoxy) is 2. The van der Waals surface area contributed by atoms with Crippen LogP contribution in [0.1, 0.15) is 23.0 Å². The molecule has 0 bridgehead atoms. The fourth-order valence-corrected chi connectivity index (χ4v) is 4.46. The second-order valence-corrected chi connectivity index (χ2v) is 7.76. The molecule has 0 N–H and O–H groups in total. The molecule has 1 fully saturated rings. The number of carbonyl (C=O) groups excluding carboxylic acids is 2. The summed E-state index contributed by atoms with van der Waals surface area (Å²) < 4.78 is 10.8. The van der Waals surface area contributed by atoms with E-state index in [0.29, 0.717) is 10.8 Å². The van der Waals surface area contributed by atoms with Crippen LogP contribution in [0.3, 0.4) is 0 Å². The number of methoxy groups -OCH3 is 1. The van der Waals surface area contributed by atoms with Gasteiger partial charge < -0.3 is 9.47 Å². The molecular formula is C25H21ClO4. The largest absolute Gasteiger partial charge is 0.469 e. The van der Waals surface area contributed by atoms with E-state index >= 15 is 0 Å². The van der Waals surface area contributed by atoms with Crippen molar-refractivity contribution in [3.05, 3.63) is 101 Å².